The van der Waals surface area contributed by atoms with Crippen molar-refractivity contribution in [1.29, 1.82) is 0 Å². The Labute approximate surface area is 119 Å². The molecule has 0 bridgehead atoms. The minimum absolute atomic E-state index is 0.621. The molecular weight excluding hydrogens is 256 g/mol. The number of hydrogen-bond donors (Lipinski definition) is 2. The first-order valence-corrected chi connectivity index (χ1v) is 7.85. The van der Waals surface area contributed by atoms with E-state index in [0.29, 0.717) is 6.04 Å². The fourth-order valence-electron chi connectivity index (χ4n) is 2.39. The molecule has 1 aromatic rings. The van der Waals surface area contributed by atoms with Gasteiger partial charge in [0.25, 0.3) is 0 Å². The first-order chi connectivity index (χ1) is 9.13. The average molecular weight is 280 g/mol. The van der Waals surface area contributed by atoms with Crippen LogP contribution in [0.1, 0.15) is 41.8 Å². The van der Waals surface area contributed by atoms with Gasteiger partial charge >= 0.3 is 0 Å². The van der Waals surface area contributed by atoms with Gasteiger partial charge in [0, 0.05) is 18.0 Å². The van der Waals surface area contributed by atoms with Crippen LogP contribution >= 0.6 is 11.3 Å². The van der Waals surface area contributed by atoms with Crippen LogP contribution in [0.25, 0.3) is 0 Å². The highest BCUT2D eigenvalue weighted by Gasteiger charge is 2.36. The number of aliphatic imine (C=N–C) groups is 1. The Bertz CT molecular complexity index is 452. The summed E-state index contributed by atoms with van der Waals surface area (Å²) in [5, 5.41) is 8.01. The van der Waals surface area contributed by atoms with E-state index in [2.05, 4.69) is 34.5 Å². The van der Waals surface area contributed by atoms with Crippen LogP contribution in [0.2, 0.25) is 0 Å². The normalized spacial score (nSPS) is 22.4. The second-order valence-corrected chi connectivity index (χ2v) is 6.49. The van der Waals surface area contributed by atoms with Crippen LogP contribution in [0.5, 0.6) is 0 Å². The van der Waals surface area contributed by atoms with E-state index < -0.39 is 0 Å². The molecule has 1 fully saturated rings. The van der Waals surface area contributed by atoms with Crippen LogP contribution in [-0.4, -0.2) is 24.0 Å². The number of nitrogens with zero attached hydrogens (tertiary/aromatic N) is 2. The first-order valence-electron chi connectivity index (χ1n) is 7.04. The van der Waals surface area contributed by atoms with Gasteiger partial charge in [0.1, 0.15) is 0 Å². The lowest BCUT2D eigenvalue weighted by Gasteiger charge is -2.11. The van der Waals surface area contributed by atoms with Crippen molar-refractivity contribution in [2.75, 3.05) is 7.05 Å². The lowest BCUT2D eigenvalue weighted by molar-refractivity contribution is 0.655. The van der Waals surface area contributed by atoms with E-state index in [1.165, 1.54) is 24.1 Å². The van der Waals surface area contributed by atoms with Gasteiger partial charge in [0.15, 0.2) is 5.96 Å². The van der Waals surface area contributed by atoms with Crippen molar-refractivity contribution >= 4 is 17.3 Å². The van der Waals surface area contributed by atoms with Crippen molar-refractivity contribution in [3.8, 4) is 0 Å². The molecule has 2 N–H and O–H groups in total. The van der Waals surface area contributed by atoms with Crippen molar-refractivity contribution < 1.29 is 0 Å². The molecule has 106 valence electrons. The van der Waals surface area contributed by atoms with E-state index in [4.69, 9.17) is 0 Å². The Morgan fingerprint density at radius 1 is 1.47 bits per heavy atom. The smallest absolute Gasteiger partial charge is 0.191 e. The van der Waals surface area contributed by atoms with Gasteiger partial charge in [-0.2, -0.15) is 0 Å². The van der Waals surface area contributed by atoms with Gasteiger partial charge in [-0.25, -0.2) is 4.98 Å². The molecule has 1 heterocycles. The van der Waals surface area contributed by atoms with Crippen LogP contribution in [-0.2, 0) is 6.54 Å². The zero-order chi connectivity index (χ0) is 13.8. The molecule has 1 aliphatic rings. The summed E-state index contributed by atoms with van der Waals surface area (Å²) in [5.74, 6) is 1.75. The van der Waals surface area contributed by atoms with Gasteiger partial charge in [-0.15, -0.1) is 11.3 Å². The van der Waals surface area contributed by atoms with Crippen molar-refractivity contribution in [3.63, 3.8) is 0 Å². The van der Waals surface area contributed by atoms with Crippen LogP contribution in [0, 0.1) is 19.8 Å². The van der Waals surface area contributed by atoms with Gasteiger partial charge < -0.3 is 10.6 Å². The third-order valence-corrected chi connectivity index (χ3v) is 4.62. The number of guanidine groups is 1. The summed E-state index contributed by atoms with van der Waals surface area (Å²) in [4.78, 5) is 10.0. The standard InChI is InChI=1S/C14H24N4S/c1-5-6-11-7-12(11)18-14(15-4)16-8-13-9(2)17-10(3)19-13/h11-12H,5-8H2,1-4H3,(H2,15,16,18). The molecule has 2 unspecified atom stereocenters. The Balaban J connectivity index is 1.79. The summed E-state index contributed by atoms with van der Waals surface area (Å²) >= 11 is 1.75. The fraction of sp³-hybridized carbons (Fsp3) is 0.714. The molecule has 1 saturated carbocycles. The Kier molecular flexibility index (Phi) is 4.80. The Morgan fingerprint density at radius 2 is 2.26 bits per heavy atom. The molecule has 19 heavy (non-hydrogen) atoms. The van der Waals surface area contributed by atoms with Gasteiger partial charge in [0.05, 0.1) is 17.2 Å². The summed E-state index contributed by atoms with van der Waals surface area (Å²) < 4.78 is 0. The average Bonchev–Trinajstić information content (AvgIpc) is 3.02. The second-order valence-electron chi connectivity index (χ2n) is 5.20. The van der Waals surface area contributed by atoms with Crippen molar-refractivity contribution in [2.24, 2.45) is 10.9 Å². The third-order valence-electron chi connectivity index (χ3n) is 3.54. The Hall–Kier alpha value is -1.10. The molecule has 2 rings (SSSR count). The molecule has 1 aliphatic carbocycles. The van der Waals surface area contributed by atoms with E-state index in [1.54, 1.807) is 11.3 Å². The highest BCUT2D eigenvalue weighted by molar-refractivity contribution is 7.11. The molecule has 2 atom stereocenters. The molecule has 5 heteroatoms. The number of aromatic nitrogens is 1. The molecule has 0 saturated heterocycles. The summed E-state index contributed by atoms with van der Waals surface area (Å²) in [6, 6.07) is 0.621. The maximum Gasteiger partial charge on any atom is 0.191 e. The lowest BCUT2D eigenvalue weighted by atomic mass is 10.2. The predicted molar refractivity (Wildman–Crippen MR) is 81.7 cm³/mol. The molecule has 4 nitrogen and oxygen atoms in total. The lowest BCUT2D eigenvalue weighted by Crippen LogP contribution is -2.38. The molecular formula is C14H24N4S. The number of rotatable bonds is 5. The highest BCUT2D eigenvalue weighted by Crippen LogP contribution is 2.34. The summed E-state index contributed by atoms with van der Waals surface area (Å²) in [7, 11) is 1.83. The van der Waals surface area contributed by atoms with E-state index in [-0.39, 0.29) is 0 Å². The van der Waals surface area contributed by atoms with Gasteiger partial charge in [-0.05, 0) is 32.6 Å². The SMILES string of the molecule is CCCC1CC1NC(=NC)NCc1sc(C)nc1C. The largest absolute Gasteiger partial charge is 0.353 e. The van der Waals surface area contributed by atoms with E-state index in [0.717, 1.165) is 29.1 Å². The number of hydrogen-bond acceptors (Lipinski definition) is 3. The second kappa shape index (κ2) is 6.37. The van der Waals surface area contributed by atoms with Gasteiger partial charge in [-0.3, -0.25) is 4.99 Å². The van der Waals surface area contributed by atoms with Crippen LogP contribution in [0.15, 0.2) is 4.99 Å². The van der Waals surface area contributed by atoms with Crippen LogP contribution in [0.3, 0.4) is 0 Å². The molecule has 0 amide bonds. The zero-order valence-corrected chi connectivity index (χ0v) is 13.1. The number of nitrogens with one attached hydrogen (secondary N) is 2. The number of aryl methyl sites for hydroxylation is 2. The Morgan fingerprint density at radius 3 is 2.84 bits per heavy atom. The predicted octanol–water partition coefficient (Wildman–Crippen LogP) is 2.61. The van der Waals surface area contributed by atoms with Gasteiger partial charge in [0.2, 0.25) is 0 Å². The fourth-order valence-corrected chi connectivity index (χ4v) is 3.26. The summed E-state index contributed by atoms with van der Waals surface area (Å²) in [6.45, 7) is 7.17. The minimum Gasteiger partial charge on any atom is -0.353 e. The number of thiazole rings is 1. The minimum atomic E-state index is 0.621. The summed E-state index contributed by atoms with van der Waals surface area (Å²) in [6.07, 6.45) is 3.88. The molecule has 0 spiro atoms. The summed E-state index contributed by atoms with van der Waals surface area (Å²) in [5.41, 5.74) is 1.13. The quantitative estimate of drug-likeness (QED) is 0.644. The zero-order valence-electron chi connectivity index (χ0n) is 12.3. The monoisotopic (exact) mass is 280 g/mol. The molecule has 0 aromatic carbocycles. The van der Waals surface area contributed by atoms with E-state index >= 15 is 0 Å². The van der Waals surface area contributed by atoms with Crippen molar-refractivity contribution in [3.05, 3.63) is 15.6 Å². The highest BCUT2D eigenvalue weighted by atomic mass is 32.1. The maximum absolute atomic E-state index is 4.44. The third kappa shape index (κ3) is 3.93. The molecule has 0 radical (unpaired) electrons. The van der Waals surface area contributed by atoms with E-state index in [1.807, 2.05) is 14.0 Å². The van der Waals surface area contributed by atoms with E-state index in [9.17, 15) is 0 Å². The van der Waals surface area contributed by atoms with Crippen LogP contribution < -0.4 is 10.6 Å². The van der Waals surface area contributed by atoms with Crippen LogP contribution in [0.4, 0.5) is 0 Å². The van der Waals surface area contributed by atoms with Crippen molar-refractivity contribution in [2.45, 2.75) is 52.6 Å². The van der Waals surface area contributed by atoms with Crippen molar-refractivity contribution in [1.82, 2.24) is 15.6 Å². The molecule has 1 aromatic heterocycles. The topological polar surface area (TPSA) is 49.3 Å². The first kappa shape index (κ1) is 14.3. The van der Waals surface area contributed by atoms with Gasteiger partial charge in [-0.1, -0.05) is 13.3 Å². The maximum atomic E-state index is 4.44. The molecule has 0 aliphatic heterocycles.